The minimum Gasteiger partial charge on any atom is -0.497 e. The summed E-state index contributed by atoms with van der Waals surface area (Å²) in [4.78, 5) is 41.4. The first-order valence-corrected chi connectivity index (χ1v) is 12.1. The second-order valence-electron chi connectivity index (χ2n) is 8.29. The maximum atomic E-state index is 13.2. The second kappa shape index (κ2) is 8.49. The highest BCUT2D eigenvalue weighted by molar-refractivity contribution is 7.91. The Morgan fingerprint density at radius 3 is 2.48 bits per heavy atom. The summed E-state index contributed by atoms with van der Waals surface area (Å²) in [5.74, 6) is -0.395. The SMILES string of the molecule is CC[C@H](C)N(C(=O)CN1C(=O)N[C@](C)(c2ccc(OC)cc2)C1=O)[C@@H]1CCS(=O)(=O)C1. The number of rotatable bonds is 7. The zero-order valence-corrected chi connectivity index (χ0v) is 19.1. The fourth-order valence-corrected chi connectivity index (χ4v) is 5.89. The molecule has 170 valence electrons. The van der Waals surface area contributed by atoms with Crippen LogP contribution in [0.5, 0.6) is 5.75 Å². The molecule has 9 nitrogen and oxygen atoms in total. The molecule has 31 heavy (non-hydrogen) atoms. The Morgan fingerprint density at radius 1 is 1.32 bits per heavy atom. The van der Waals surface area contributed by atoms with Crippen LogP contribution in [0.25, 0.3) is 0 Å². The van der Waals surface area contributed by atoms with Crippen LogP contribution in [0.2, 0.25) is 0 Å². The highest BCUT2D eigenvalue weighted by Crippen LogP contribution is 2.30. The molecule has 3 atom stereocenters. The largest absolute Gasteiger partial charge is 0.497 e. The quantitative estimate of drug-likeness (QED) is 0.625. The first-order chi connectivity index (χ1) is 14.5. The number of sulfone groups is 1. The van der Waals surface area contributed by atoms with Gasteiger partial charge in [-0.05, 0) is 44.4 Å². The molecule has 0 radical (unpaired) electrons. The number of benzene rings is 1. The Hall–Kier alpha value is -2.62. The van der Waals surface area contributed by atoms with Gasteiger partial charge in [-0.25, -0.2) is 13.2 Å². The summed E-state index contributed by atoms with van der Waals surface area (Å²) in [6, 6.07) is 5.47. The van der Waals surface area contributed by atoms with E-state index in [2.05, 4.69) is 5.32 Å². The van der Waals surface area contributed by atoms with Crippen LogP contribution in [-0.2, 0) is 25.0 Å². The molecule has 2 aliphatic rings. The standard InChI is InChI=1S/C21H29N3O6S/c1-5-14(2)24(16-10-11-31(28,29)13-16)18(25)12-23-19(26)21(3,22-20(23)27)15-6-8-17(30-4)9-7-15/h6-9,14,16H,5,10-13H2,1-4H3,(H,22,27)/t14-,16+,21+/m0/s1. The highest BCUT2D eigenvalue weighted by Gasteiger charge is 2.50. The van der Waals surface area contributed by atoms with E-state index in [9.17, 15) is 22.8 Å². The predicted octanol–water partition coefficient (Wildman–Crippen LogP) is 1.28. The molecule has 0 aliphatic carbocycles. The molecule has 2 fully saturated rings. The molecule has 0 aromatic heterocycles. The lowest BCUT2D eigenvalue weighted by molar-refractivity contribution is -0.141. The summed E-state index contributed by atoms with van der Waals surface area (Å²) in [5, 5.41) is 2.68. The molecule has 2 heterocycles. The van der Waals surface area contributed by atoms with Crippen LogP contribution in [0.3, 0.4) is 0 Å². The number of methoxy groups -OCH3 is 1. The van der Waals surface area contributed by atoms with Crippen LogP contribution in [0.4, 0.5) is 4.79 Å². The fourth-order valence-electron chi connectivity index (χ4n) is 4.18. The third-order valence-corrected chi connectivity index (χ3v) is 7.94. The number of nitrogens with one attached hydrogen (secondary N) is 1. The average molecular weight is 452 g/mol. The minimum atomic E-state index is -3.19. The number of carbonyl (C=O) groups is 3. The van der Waals surface area contributed by atoms with E-state index in [-0.39, 0.29) is 17.5 Å². The zero-order valence-electron chi connectivity index (χ0n) is 18.3. The molecule has 3 rings (SSSR count). The Kier molecular flexibility index (Phi) is 6.31. The van der Waals surface area contributed by atoms with Crippen LogP contribution < -0.4 is 10.1 Å². The molecule has 4 amide bonds. The topological polar surface area (TPSA) is 113 Å². The summed E-state index contributed by atoms with van der Waals surface area (Å²) in [6.07, 6.45) is 0.994. The van der Waals surface area contributed by atoms with Gasteiger partial charge in [-0.2, -0.15) is 0 Å². The molecule has 10 heteroatoms. The molecule has 0 spiro atoms. The third kappa shape index (κ3) is 4.39. The van der Waals surface area contributed by atoms with Crippen LogP contribution in [0.15, 0.2) is 24.3 Å². The normalized spacial score (nSPS) is 25.9. The van der Waals surface area contributed by atoms with E-state index in [0.29, 0.717) is 24.2 Å². The molecule has 1 aromatic rings. The third-order valence-electron chi connectivity index (χ3n) is 6.19. The van der Waals surface area contributed by atoms with Crippen molar-refractivity contribution in [3.63, 3.8) is 0 Å². The molecule has 2 aliphatic heterocycles. The first kappa shape index (κ1) is 23.1. The summed E-state index contributed by atoms with van der Waals surface area (Å²) in [7, 11) is -1.66. The lowest BCUT2D eigenvalue weighted by atomic mass is 9.92. The molecular formula is C21H29N3O6S. The van der Waals surface area contributed by atoms with E-state index >= 15 is 0 Å². The lowest BCUT2D eigenvalue weighted by Crippen LogP contribution is -2.51. The van der Waals surface area contributed by atoms with E-state index in [1.807, 2.05) is 13.8 Å². The van der Waals surface area contributed by atoms with Crippen molar-refractivity contribution in [2.75, 3.05) is 25.2 Å². The summed E-state index contributed by atoms with van der Waals surface area (Å²) >= 11 is 0. The molecule has 1 aromatic carbocycles. The number of hydrogen-bond acceptors (Lipinski definition) is 6. The smallest absolute Gasteiger partial charge is 0.325 e. The van der Waals surface area contributed by atoms with Gasteiger partial charge < -0.3 is 15.0 Å². The second-order valence-corrected chi connectivity index (χ2v) is 10.5. The van der Waals surface area contributed by atoms with Gasteiger partial charge in [0.05, 0.1) is 18.6 Å². The predicted molar refractivity (Wildman–Crippen MR) is 114 cm³/mol. The molecule has 0 bridgehead atoms. The van der Waals surface area contributed by atoms with E-state index < -0.39 is 45.8 Å². The monoisotopic (exact) mass is 451 g/mol. The van der Waals surface area contributed by atoms with Crippen LogP contribution in [0, 0.1) is 0 Å². The van der Waals surface area contributed by atoms with Gasteiger partial charge in [0, 0.05) is 12.1 Å². The van der Waals surface area contributed by atoms with Gasteiger partial charge in [-0.15, -0.1) is 0 Å². The first-order valence-electron chi connectivity index (χ1n) is 10.3. The van der Waals surface area contributed by atoms with Crippen molar-refractivity contribution in [1.29, 1.82) is 0 Å². The number of nitrogens with zero attached hydrogens (tertiary/aromatic N) is 2. The Bertz CT molecular complexity index is 977. The van der Waals surface area contributed by atoms with Crippen molar-refractivity contribution in [3.8, 4) is 5.75 Å². The zero-order chi connectivity index (χ0) is 23.0. The van der Waals surface area contributed by atoms with Crippen molar-refractivity contribution in [3.05, 3.63) is 29.8 Å². The van der Waals surface area contributed by atoms with Gasteiger partial charge in [0.2, 0.25) is 5.91 Å². The van der Waals surface area contributed by atoms with E-state index in [4.69, 9.17) is 4.74 Å². The van der Waals surface area contributed by atoms with Gasteiger partial charge in [-0.3, -0.25) is 14.5 Å². The average Bonchev–Trinajstić information content (AvgIpc) is 3.19. The maximum absolute atomic E-state index is 13.2. The van der Waals surface area contributed by atoms with E-state index in [1.54, 1.807) is 31.2 Å². The highest BCUT2D eigenvalue weighted by atomic mass is 32.2. The van der Waals surface area contributed by atoms with Crippen LogP contribution in [0.1, 0.15) is 39.2 Å². The Morgan fingerprint density at radius 2 is 1.97 bits per heavy atom. The number of urea groups is 1. The number of amides is 4. The fraction of sp³-hybridized carbons (Fsp3) is 0.571. The van der Waals surface area contributed by atoms with Crippen LogP contribution >= 0.6 is 0 Å². The summed E-state index contributed by atoms with van der Waals surface area (Å²) in [6.45, 7) is 4.91. The summed E-state index contributed by atoms with van der Waals surface area (Å²) < 4.78 is 29.0. The number of ether oxygens (including phenoxy) is 1. The van der Waals surface area contributed by atoms with Gasteiger partial charge in [0.25, 0.3) is 5.91 Å². The summed E-state index contributed by atoms with van der Waals surface area (Å²) in [5.41, 5.74) is -0.732. The molecule has 2 saturated heterocycles. The van der Waals surface area contributed by atoms with Crippen molar-refractivity contribution < 1.29 is 27.5 Å². The minimum absolute atomic E-state index is 0.0382. The molecular weight excluding hydrogens is 422 g/mol. The van der Waals surface area contributed by atoms with Crippen molar-refractivity contribution in [1.82, 2.24) is 15.1 Å². The Labute approximate surface area is 182 Å². The number of hydrogen-bond donors (Lipinski definition) is 1. The van der Waals surface area contributed by atoms with Crippen molar-refractivity contribution in [2.45, 2.75) is 51.2 Å². The van der Waals surface area contributed by atoms with Gasteiger partial charge >= 0.3 is 6.03 Å². The van der Waals surface area contributed by atoms with Gasteiger partial charge in [0.1, 0.15) is 17.8 Å². The van der Waals surface area contributed by atoms with Gasteiger partial charge in [-0.1, -0.05) is 19.1 Å². The van der Waals surface area contributed by atoms with Gasteiger partial charge in [0.15, 0.2) is 9.84 Å². The van der Waals surface area contributed by atoms with E-state index in [1.165, 1.54) is 12.0 Å². The number of imide groups is 1. The van der Waals surface area contributed by atoms with E-state index in [0.717, 1.165) is 4.90 Å². The molecule has 0 unspecified atom stereocenters. The number of carbonyl (C=O) groups excluding carboxylic acids is 3. The molecule has 0 saturated carbocycles. The van der Waals surface area contributed by atoms with Crippen molar-refractivity contribution >= 4 is 27.7 Å². The Balaban J connectivity index is 1.81. The lowest BCUT2D eigenvalue weighted by Gasteiger charge is -2.34. The molecule has 1 N–H and O–H groups in total. The van der Waals surface area contributed by atoms with Crippen molar-refractivity contribution in [2.24, 2.45) is 0 Å². The maximum Gasteiger partial charge on any atom is 0.325 e. The van der Waals surface area contributed by atoms with Crippen LogP contribution in [-0.4, -0.2) is 73.3 Å².